The van der Waals surface area contributed by atoms with E-state index in [1.165, 1.54) is 25.7 Å². The van der Waals surface area contributed by atoms with Gasteiger partial charge in [-0.15, -0.1) is 0 Å². The number of carbonyl (C=O) groups is 1. The van der Waals surface area contributed by atoms with E-state index in [1.54, 1.807) is 0 Å². The van der Waals surface area contributed by atoms with Crippen LogP contribution in [0.15, 0.2) is 35.1 Å². The molecular weight excluding hydrogens is 388 g/mol. The molecule has 1 saturated carbocycles. The van der Waals surface area contributed by atoms with E-state index in [-0.39, 0.29) is 23.3 Å². The highest BCUT2D eigenvalue weighted by atomic mass is 16.2. The molecule has 2 aliphatic heterocycles. The summed E-state index contributed by atoms with van der Waals surface area (Å²) in [5.74, 6) is 0.872. The van der Waals surface area contributed by atoms with Gasteiger partial charge in [-0.2, -0.15) is 0 Å². The van der Waals surface area contributed by atoms with E-state index in [9.17, 15) is 9.59 Å². The number of carbonyl (C=O) groups excluding carboxylic acids is 1. The molecule has 2 fully saturated rings. The maximum atomic E-state index is 13.0. The summed E-state index contributed by atoms with van der Waals surface area (Å²) in [5.41, 5.74) is 2.88. The lowest BCUT2D eigenvalue weighted by Crippen LogP contribution is -2.41. The second-order valence-corrected chi connectivity index (χ2v) is 9.44. The summed E-state index contributed by atoms with van der Waals surface area (Å²) in [6, 6.07) is 10.6. The van der Waals surface area contributed by atoms with Gasteiger partial charge in [0.1, 0.15) is 5.82 Å². The molecule has 31 heavy (non-hydrogen) atoms. The highest BCUT2D eigenvalue weighted by Crippen LogP contribution is 2.30. The van der Waals surface area contributed by atoms with Crippen molar-refractivity contribution in [2.45, 2.75) is 69.9 Å². The van der Waals surface area contributed by atoms with Crippen molar-refractivity contribution in [2.75, 3.05) is 19.6 Å². The van der Waals surface area contributed by atoms with Crippen molar-refractivity contribution in [1.82, 2.24) is 19.8 Å². The van der Waals surface area contributed by atoms with Gasteiger partial charge in [-0.05, 0) is 31.7 Å². The number of nitrogens with one attached hydrogen (secondary N) is 1. The third kappa shape index (κ3) is 4.05. The maximum absolute atomic E-state index is 13.0. The Morgan fingerprint density at radius 1 is 1.13 bits per heavy atom. The molecule has 6 heteroatoms. The fourth-order valence-corrected chi connectivity index (χ4v) is 5.58. The van der Waals surface area contributed by atoms with Gasteiger partial charge < -0.3 is 9.88 Å². The zero-order valence-electron chi connectivity index (χ0n) is 18.3. The molecule has 3 heterocycles. The number of rotatable bonds is 4. The number of nitrogens with zero attached hydrogens (tertiary/aromatic N) is 3. The Balaban J connectivity index is 1.28. The number of aromatic nitrogens is 2. The lowest BCUT2D eigenvalue weighted by atomic mass is 10.00. The fraction of sp³-hybridized carbons (Fsp3) is 0.560. The van der Waals surface area contributed by atoms with Gasteiger partial charge in [0.05, 0.1) is 17.2 Å². The minimum Gasteiger partial charge on any atom is -0.341 e. The van der Waals surface area contributed by atoms with Crippen LogP contribution < -0.4 is 5.56 Å². The van der Waals surface area contributed by atoms with Gasteiger partial charge in [0.25, 0.3) is 5.56 Å². The van der Waals surface area contributed by atoms with Crippen molar-refractivity contribution in [3.8, 4) is 0 Å². The highest BCUT2D eigenvalue weighted by Gasteiger charge is 2.33. The van der Waals surface area contributed by atoms with Crippen LogP contribution in [-0.2, 0) is 17.8 Å². The van der Waals surface area contributed by atoms with E-state index in [0.717, 1.165) is 55.1 Å². The molecule has 0 spiro atoms. The summed E-state index contributed by atoms with van der Waals surface area (Å²) in [4.78, 5) is 38.3. The fourth-order valence-electron chi connectivity index (χ4n) is 5.58. The Morgan fingerprint density at radius 3 is 2.68 bits per heavy atom. The van der Waals surface area contributed by atoms with Crippen molar-refractivity contribution in [3.05, 3.63) is 63.3 Å². The zero-order valence-corrected chi connectivity index (χ0v) is 18.3. The Bertz CT molecular complexity index is 996. The van der Waals surface area contributed by atoms with Crippen LogP contribution in [0, 0.1) is 0 Å². The molecule has 0 radical (unpaired) electrons. The van der Waals surface area contributed by atoms with Crippen molar-refractivity contribution >= 4 is 5.91 Å². The van der Waals surface area contributed by atoms with Gasteiger partial charge in [0.2, 0.25) is 5.91 Å². The molecule has 2 atom stereocenters. The third-order valence-corrected chi connectivity index (χ3v) is 7.51. The second kappa shape index (κ2) is 8.58. The first-order valence-corrected chi connectivity index (χ1v) is 11.8. The average Bonchev–Trinajstić information content (AvgIpc) is 3.51. The van der Waals surface area contributed by atoms with E-state index in [0.29, 0.717) is 12.6 Å². The van der Waals surface area contributed by atoms with E-state index in [2.05, 4.69) is 9.88 Å². The monoisotopic (exact) mass is 420 g/mol. The summed E-state index contributed by atoms with van der Waals surface area (Å²) in [6.07, 6.45) is 6.83. The van der Waals surface area contributed by atoms with Gasteiger partial charge in [0, 0.05) is 44.6 Å². The minimum atomic E-state index is -0.155. The Labute approximate surface area is 183 Å². The van der Waals surface area contributed by atoms with Crippen molar-refractivity contribution in [3.63, 3.8) is 0 Å². The van der Waals surface area contributed by atoms with Crippen LogP contribution in [0.3, 0.4) is 0 Å². The quantitative estimate of drug-likeness (QED) is 0.825. The molecule has 5 rings (SSSR count). The Kier molecular flexibility index (Phi) is 5.65. The summed E-state index contributed by atoms with van der Waals surface area (Å²) in [5, 5.41) is 0. The second-order valence-electron chi connectivity index (χ2n) is 9.44. The summed E-state index contributed by atoms with van der Waals surface area (Å²) >= 11 is 0. The van der Waals surface area contributed by atoms with Crippen LogP contribution in [0.25, 0.3) is 0 Å². The smallest absolute Gasteiger partial charge is 0.255 e. The van der Waals surface area contributed by atoms with Crippen LogP contribution in [0.4, 0.5) is 0 Å². The molecule has 2 aromatic rings. The molecule has 0 bridgehead atoms. The lowest BCUT2D eigenvalue weighted by Gasteiger charge is -2.32. The molecule has 2 unspecified atom stereocenters. The first-order chi connectivity index (χ1) is 15.1. The SMILES string of the molecule is CC(C(=O)N1CCC(c2nc3c(c(=O)[nH]2)CN(C2CCCC2)CC3)C1)c1ccccc1. The van der Waals surface area contributed by atoms with E-state index in [4.69, 9.17) is 4.98 Å². The van der Waals surface area contributed by atoms with Gasteiger partial charge in [0.15, 0.2) is 0 Å². The molecule has 1 aliphatic carbocycles. The molecular formula is C25H32N4O2. The van der Waals surface area contributed by atoms with E-state index >= 15 is 0 Å². The molecule has 3 aliphatic rings. The lowest BCUT2D eigenvalue weighted by molar-refractivity contribution is -0.131. The molecule has 1 aromatic heterocycles. The van der Waals surface area contributed by atoms with E-state index in [1.807, 2.05) is 42.2 Å². The normalized spacial score (nSPS) is 23.1. The van der Waals surface area contributed by atoms with Crippen LogP contribution in [0.1, 0.15) is 73.5 Å². The summed E-state index contributed by atoms with van der Waals surface area (Å²) in [6.45, 7) is 5.05. The first kappa shape index (κ1) is 20.4. The molecule has 1 amide bonds. The van der Waals surface area contributed by atoms with Crippen molar-refractivity contribution in [1.29, 1.82) is 0 Å². The van der Waals surface area contributed by atoms with E-state index < -0.39 is 0 Å². The zero-order chi connectivity index (χ0) is 21.4. The number of hydrogen-bond donors (Lipinski definition) is 1. The highest BCUT2D eigenvalue weighted by molar-refractivity contribution is 5.83. The maximum Gasteiger partial charge on any atom is 0.255 e. The van der Waals surface area contributed by atoms with Crippen molar-refractivity contribution in [2.24, 2.45) is 0 Å². The van der Waals surface area contributed by atoms with Crippen LogP contribution >= 0.6 is 0 Å². The Hall–Kier alpha value is -2.47. The number of hydrogen-bond acceptors (Lipinski definition) is 4. The standard InChI is InChI=1S/C25H32N4O2/c1-17(18-7-3-2-4-8-18)25(31)29-13-11-19(15-29)23-26-22-12-14-28(20-9-5-6-10-20)16-21(22)24(30)27-23/h2-4,7-8,17,19-20H,5-6,9-16H2,1H3,(H,26,27,30). The topological polar surface area (TPSA) is 69.3 Å². The molecule has 164 valence electrons. The van der Waals surface area contributed by atoms with Gasteiger partial charge >= 0.3 is 0 Å². The van der Waals surface area contributed by atoms with Crippen LogP contribution in [0.2, 0.25) is 0 Å². The van der Waals surface area contributed by atoms with Crippen LogP contribution in [-0.4, -0.2) is 51.4 Å². The predicted molar refractivity (Wildman–Crippen MR) is 120 cm³/mol. The molecule has 6 nitrogen and oxygen atoms in total. The number of aromatic amines is 1. The number of amides is 1. The number of likely N-dealkylation sites (tertiary alicyclic amines) is 1. The van der Waals surface area contributed by atoms with Crippen LogP contribution in [0.5, 0.6) is 0 Å². The first-order valence-electron chi connectivity index (χ1n) is 11.8. The Morgan fingerprint density at radius 2 is 1.90 bits per heavy atom. The summed E-state index contributed by atoms with van der Waals surface area (Å²) in [7, 11) is 0. The predicted octanol–water partition coefficient (Wildman–Crippen LogP) is 3.19. The van der Waals surface area contributed by atoms with Crippen molar-refractivity contribution < 1.29 is 4.79 Å². The number of benzene rings is 1. The number of fused-ring (bicyclic) bond motifs is 1. The van der Waals surface area contributed by atoms with Gasteiger partial charge in [-0.3, -0.25) is 14.5 Å². The number of H-pyrrole nitrogens is 1. The summed E-state index contributed by atoms with van der Waals surface area (Å²) < 4.78 is 0. The minimum absolute atomic E-state index is 0.0186. The third-order valence-electron chi connectivity index (χ3n) is 7.51. The van der Waals surface area contributed by atoms with Gasteiger partial charge in [-0.25, -0.2) is 4.98 Å². The largest absolute Gasteiger partial charge is 0.341 e. The van der Waals surface area contributed by atoms with Gasteiger partial charge in [-0.1, -0.05) is 43.2 Å². The molecule has 1 saturated heterocycles. The molecule has 1 N–H and O–H groups in total. The molecule has 1 aromatic carbocycles. The average molecular weight is 421 g/mol.